The Morgan fingerprint density at radius 2 is 1.95 bits per heavy atom. The number of hydrogen-bond donors (Lipinski definition) is 5. The molecular weight excluding hydrogens is 597 g/mol. The molecule has 5 rings (SSSR count). The zero-order chi connectivity index (χ0) is 27.0. The largest absolute Gasteiger partial charge is 0.507 e. The number of alkyl halides is 1. The van der Waals surface area contributed by atoms with E-state index in [0.717, 1.165) is 26.3 Å². The van der Waals surface area contributed by atoms with Crippen molar-refractivity contribution in [3.63, 3.8) is 0 Å². The first-order valence-electron chi connectivity index (χ1n) is 12.4. The van der Waals surface area contributed by atoms with Crippen molar-refractivity contribution in [3.05, 3.63) is 65.4 Å². The van der Waals surface area contributed by atoms with Gasteiger partial charge in [-0.2, -0.15) is 0 Å². The highest BCUT2D eigenvalue weighted by Gasteiger charge is 2.35. The van der Waals surface area contributed by atoms with E-state index in [1.54, 1.807) is 41.3 Å². The molecule has 1 aliphatic heterocycles. The number of aromatic hydroxyl groups is 1. The van der Waals surface area contributed by atoms with Crippen LogP contribution in [0, 0.1) is 0 Å². The number of nitrogens with two attached hydrogens (primary N) is 1. The van der Waals surface area contributed by atoms with Crippen molar-refractivity contribution < 1.29 is 19.5 Å². The predicted octanol–water partition coefficient (Wildman–Crippen LogP) is 4.24. The van der Waals surface area contributed by atoms with Gasteiger partial charge in [-0.3, -0.25) is 14.4 Å². The average Bonchev–Trinajstić information content (AvgIpc) is 3.49. The van der Waals surface area contributed by atoms with Gasteiger partial charge in [-0.25, -0.2) is 0 Å². The number of benzene rings is 3. The molecule has 1 aliphatic rings. The van der Waals surface area contributed by atoms with Crippen LogP contribution in [0.1, 0.15) is 45.7 Å². The van der Waals surface area contributed by atoms with E-state index in [0.29, 0.717) is 54.1 Å². The molecule has 1 aromatic heterocycles. The highest BCUT2D eigenvalue weighted by atomic mass is 127. The number of aromatic nitrogens is 1. The number of phenolic OH excluding ortho intramolecular Hbond substituents is 1. The first-order chi connectivity index (χ1) is 18.3. The molecule has 0 saturated heterocycles. The first-order valence-corrected chi connectivity index (χ1v) is 13.9. The third-order valence-electron chi connectivity index (χ3n) is 6.77. The second-order valence-corrected chi connectivity index (χ2v) is 10.3. The van der Waals surface area contributed by atoms with Crippen LogP contribution >= 0.6 is 22.6 Å². The van der Waals surface area contributed by atoms with Gasteiger partial charge in [-0.15, -0.1) is 0 Å². The molecule has 6 N–H and O–H groups in total. The Bertz CT molecular complexity index is 1580. The normalized spacial score (nSPS) is 14.6. The molecule has 1 unspecified atom stereocenters. The number of phenols is 1. The molecule has 3 amide bonds. The van der Waals surface area contributed by atoms with Crippen molar-refractivity contribution in [2.24, 2.45) is 5.73 Å². The Kier molecular flexibility index (Phi) is 7.26. The van der Waals surface area contributed by atoms with Crippen molar-refractivity contribution in [1.82, 2.24) is 10.3 Å². The summed E-state index contributed by atoms with van der Waals surface area (Å²) in [6.07, 6.45) is 0.686. The SMILES string of the molecule is CC(=O)Nc1ccc2[nH]c(C(=O)N3CC(CI)c4c3cc(O)c3ccc(C(=O)NCCCN)cc43)cc2c1. The molecule has 10 heteroatoms. The van der Waals surface area contributed by atoms with Gasteiger partial charge in [0.25, 0.3) is 11.8 Å². The number of aromatic amines is 1. The van der Waals surface area contributed by atoms with Crippen molar-refractivity contribution >= 4 is 73.4 Å². The smallest absolute Gasteiger partial charge is 0.274 e. The second kappa shape index (κ2) is 10.6. The number of nitrogens with one attached hydrogen (secondary N) is 3. The minimum absolute atomic E-state index is 0.0314. The van der Waals surface area contributed by atoms with Gasteiger partial charge in [0.2, 0.25) is 5.91 Å². The van der Waals surface area contributed by atoms with Crippen LogP contribution in [0.15, 0.2) is 48.5 Å². The Morgan fingerprint density at radius 1 is 1.13 bits per heavy atom. The van der Waals surface area contributed by atoms with E-state index in [-0.39, 0.29) is 29.4 Å². The van der Waals surface area contributed by atoms with Crippen LogP contribution in [0.2, 0.25) is 0 Å². The fourth-order valence-electron chi connectivity index (χ4n) is 5.02. The molecule has 196 valence electrons. The molecule has 2 heterocycles. The van der Waals surface area contributed by atoms with Gasteiger partial charge in [-0.05, 0) is 66.4 Å². The standard InChI is InChI=1S/C28H28IN5O4/c1-15(35)32-19-4-6-22-17(9-19)11-23(33-22)28(38)34-14-18(13-29)26-21-10-16(27(37)31-8-2-7-30)3-5-20(21)25(36)12-24(26)34/h3-6,9-12,18,33,36H,2,7-8,13-14,30H2,1H3,(H,31,37)(H,32,35). The Hall–Kier alpha value is -3.64. The molecule has 38 heavy (non-hydrogen) atoms. The maximum absolute atomic E-state index is 13.7. The number of nitrogens with zero attached hydrogens (tertiary/aromatic N) is 1. The molecular formula is C28H28IN5O4. The maximum atomic E-state index is 13.7. The van der Waals surface area contributed by atoms with Gasteiger partial charge < -0.3 is 31.4 Å². The third-order valence-corrected chi connectivity index (χ3v) is 7.83. The number of amides is 3. The lowest BCUT2D eigenvalue weighted by Gasteiger charge is -2.18. The van der Waals surface area contributed by atoms with Gasteiger partial charge in [0.05, 0.1) is 5.69 Å². The average molecular weight is 625 g/mol. The van der Waals surface area contributed by atoms with Crippen LogP contribution in [-0.4, -0.2) is 51.9 Å². The molecule has 0 radical (unpaired) electrons. The molecule has 0 bridgehead atoms. The van der Waals surface area contributed by atoms with E-state index in [2.05, 4.69) is 38.2 Å². The molecule has 0 fully saturated rings. The summed E-state index contributed by atoms with van der Waals surface area (Å²) >= 11 is 2.31. The van der Waals surface area contributed by atoms with Gasteiger partial charge in [0.15, 0.2) is 0 Å². The summed E-state index contributed by atoms with van der Waals surface area (Å²) in [7, 11) is 0. The third kappa shape index (κ3) is 4.81. The van der Waals surface area contributed by atoms with E-state index < -0.39 is 0 Å². The molecule has 9 nitrogen and oxygen atoms in total. The maximum Gasteiger partial charge on any atom is 0.274 e. The van der Waals surface area contributed by atoms with Crippen molar-refractivity contribution in [2.75, 3.05) is 34.3 Å². The van der Waals surface area contributed by atoms with Crippen molar-refractivity contribution in [3.8, 4) is 5.75 Å². The van der Waals surface area contributed by atoms with Gasteiger partial charge in [-0.1, -0.05) is 22.6 Å². The molecule has 1 atom stereocenters. The number of halogens is 1. The summed E-state index contributed by atoms with van der Waals surface area (Å²) in [5, 5.41) is 18.7. The topological polar surface area (TPSA) is 141 Å². The fraction of sp³-hybridized carbons (Fsp3) is 0.250. The summed E-state index contributed by atoms with van der Waals surface area (Å²) in [5.41, 5.74) is 9.45. The van der Waals surface area contributed by atoms with Crippen LogP contribution in [0.3, 0.4) is 0 Å². The number of H-pyrrole nitrogens is 1. The summed E-state index contributed by atoms with van der Waals surface area (Å²) in [6.45, 7) is 2.88. The van der Waals surface area contributed by atoms with Crippen LogP contribution in [0.4, 0.5) is 11.4 Å². The van der Waals surface area contributed by atoms with Gasteiger partial charge >= 0.3 is 0 Å². The highest BCUT2D eigenvalue weighted by Crippen LogP contribution is 2.46. The second-order valence-electron chi connectivity index (χ2n) is 9.42. The number of anilines is 2. The lowest BCUT2D eigenvalue weighted by Crippen LogP contribution is -2.30. The van der Waals surface area contributed by atoms with E-state index in [1.165, 1.54) is 6.92 Å². The number of fused-ring (bicyclic) bond motifs is 4. The zero-order valence-electron chi connectivity index (χ0n) is 20.8. The monoisotopic (exact) mass is 625 g/mol. The van der Waals surface area contributed by atoms with Gasteiger partial charge in [0, 0.05) is 64.0 Å². The Balaban J connectivity index is 1.53. The first kappa shape index (κ1) is 26.0. The molecule has 0 saturated carbocycles. The van der Waals surface area contributed by atoms with Crippen molar-refractivity contribution in [2.45, 2.75) is 19.3 Å². The summed E-state index contributed by atoms with van der Waals surface area (Å²) < 4.78 is 0.758. The minimum atomic E-state index is -0.217. The fourth-order valence-corrected chi connectivity index (χ4v) is 5.73. The van der Waals surface area contributed by atoms with Crippen LogP contribution in [0.25, 0.3) is 21.7 Å². The summed E-state index contributed by atoms with van der Waals surface area (Å²) in [6, 6.07) is 14.1. The Morgan fingerprint density at radius 3 is 2.68 bits per heavy atom. The molecule has 0 aliphatic carbocycles. The van der Waals surface area contributed by atoms with E-state index >= 15 is 0 Å². The van der Waals surface area contributed by atoms with Crippen LogP contribution < -0.4 is 21.3 Å². The van der Waals surface area contributed by atoms with E-state index in [9.17, 15) is 19.5 Å². The number of hydrogen-bond acceptors (Lipinski definition) is 5. The summed E-state index contributed by atoms with van der Waals surface area (Å²) in [4.78, 5) is 42.8. The predicted molar refractivity (Wildman–Crippen MR) is 158 cm³/mol. The number of rotatable bonds is 7. The molecule has 3 aromatic carbocycles. The quantitative estimate of drug-likeness (QED) is 0.119. The lowest BCUT2D eigenvalue weighted by molar-refractivity contribution is -0.114. The van der Waals surface area contributed by atoms with Crippen molar-refractivity contribution in [1.29, 1.82) is 0 Å². The zero-order valence-corrected chi connectivity index (χ0v) is 23.0. The lowest BCUT2D eigenvalue weighted by atomic mass is 9.94. The number of carbonyl (C=O) groups is 3. The Labute approximate surface area is 232 Å². The van der Waals surface area contributed by atoms with E-state index in [4.69, 9.17) is 5.73 Å². The number of carbonyl (C=O) groups excluding carboxylic acids is 3. The van der Waals surface area contributed by atoms with Crippen LogP contribution in [0.5, 0.6) is 5.75 Å². The summed E-state index contributed by atoms with van der Waals surface area (Å²) in [5.74, 6) is -0.504. The molecule has 0 spiro atoms. The molecule has 4 aromatic rings. The van der Waals surface area contributed by atoms with Crippen LogP contribution in [-0.2, 0) is 4.79 Å². The van der Waals surface area contributed by atoms with Gasteiger partial charge in [0.1, 0.15) is 11.4 Å². The minimum Gasteiger partial charge on any atom is -0.507 e. The van der Waals surface area contributed by atoms with E-state index in [1.807, 2.05) is 12.1 Å². The highest BCUT2D eigenvalue weighted by molar-refractivity contribution is 14.1.